The highest BCUT2D eigenvalue weighted by Crippen LogP contribution is 2.28. The van der Waals surface area contributed by atoms with Crippen molar-refractivity contribution in [1.82, 2.24) is 10.3 Å². The van der Waals surface area contributed by atoms with Crippen molar-refractivity contribution in [3.63, 3.8) is 0 Å². The van der Waals surface area contributed by atoms with Crippen molar-refractivity contribution in [3.8, 4) is 11.5 Å². The molecule has 38 heavy (non-hydrogen) atoms. The number of benzene rings is 3. The van der Waals surface area contributed by atoms with Crippen LogP contribution in [0.1, 0.15) is 35.7 Å². The number of nitrogens with one attached hydrogen (secondary N) is 1. The maximum Gasteiger partial charge on any atom is 0.310 e. The Labute approximate surface area is 225 Å². The van der Waals surface area contributed by atoms with Gasteiger partial charge in [0.1, 0.15) is 11.5 Å². The molecule has 1 fully saturated rings. The second-order valence-electron chi connectivity index (χ2n) is 8.78. The first-order chi connectivity index (χ1) is 18.4. The number of ether oxygens (including phenoxy) is 2. The Morgan fingerprint density at radius 1 is 1.16 bits per heavy atom. The first kappa shape index (κ1) is 26.9. The summed E-state index contributed by atoms with van der Waals surface area (Å²) < 4.78 is 11.0. The van der Waals surface area contributed by atoms with E-state index in [2.05, 4.69) is 10.5 Å². The van der Waals surface area contributed by atoms with Crippen LogP contribution in [0.25, 0.3) is 10.8 Å². The van der Waals surface area contributed by atoms with Gasteiger partial charge in [0.15, 0.2) is 6.61 Å². The van der Waals surface area contributed by atoms with Crippen LogP contribution < -0.4 is 10.2 Å². The Morgan fingerprint density at radius 3 is 2.71 bits per heavy atom. The van der Waals surface area contributed by atoms with E-state index in [1.807, 2.05) is 24.3 Å². The number of esters is 1. The van der Waals surface area contributed by atoms with Crippen LogP contribution in [0, 0.1) is 5.92 Å². The Bertz CT molecular complexity index is 1380. The first-order valence-electron chi connectivity index (χ1n) is 12.3. The van der Waals surface area contributed by atoms with Gasteiger partial charge in [-0.05, 0) is 55.5 Å². The van der Waals surface area contributed by atoms with Crippen LogP contribution in [0.15, 0.2) is 59.7 Å². The number of nitrogens with zero attached hydrogens (tertiary/aromatic N) is 2. The lowest BCUT2D eigenvalue weighted by Crippen LogP contribution is -2.44. The number of carbonyl (C=O) groups excluding carboxylic acids is 3. The number of piperidine rings is 1. The number of carbonyl (C=O) groups is 3. The lowest BCUT2D eigenvalue weighted by Gasteiger charge is -2.31. The number of likely N-dealkylation sites (tertiary alicyclic amines) is 1. The number of rotatable bonds is 8. The zero-order chi connectivity index (χ0) is 27.1. The van der Waals surface area contributed by atoms with Crippen LogP contribution in [-0.2, 0) is 14.3 Å². The van der Waals surface area contributed by atoms with Crippen LogP contribution in [0.5, 0.6) is 11.5 Å². The largest absolute Gasteiger partial charge is 0.506 e. The van der Waals surface area contributed by atoms with Gasteiger partial charge in [0.05, 0.1) is 23.8 Å². The fourth-order valence-corrected chi connectivity index (χ4v) is 4.47. The summed E-state index contributed by atoms with van der Waals surface area (Å²) in [5.74, 6) is -0.817. The van der Waals surface area contributed by atoms with Gasteiger partial charge in [0.2, 0.25) is 0 Å². The number of halogens is 1. The summed E-state index contributed by atoms with van der Waals surface area (Å²) in [5.41, 5.74) is 3.43. The molecule has 0 aliphatic carbocycles. The van der Waals surface area contributed by atoms with Crippen LogP contribution in [0.4, 0.5) is 0 Å². The molecule has 198 valence electrons. The van der Waals surface area contributed by atoms with Gasteiger partial charge < -0.3 is 19.5 Å². The van der Waals surface area contributed by atoms with E-state index in [0.717, 1.165) is 22.8 Å². The van der Waals surface area contributed by atoms with Crippen molar-refractivity contribution in [2.24, 2.45) is 11.0 Å². The molecule has 3 aromatic carbocycles. The molecule has 4 rings (SSSR count). The molecule has 2 N–H and O–H groups in total. The molecule has 1 aliphatic heterocycles. The molecule has 1 aliphatic rings. The molecule has 2 amide bonds. The minimum Gasteiger partial charge on any atom is -0.506 e. The van der Waals surface area contributed by atoms with Gasteiger partial charge in [0.25, 0.3) is 11.8 Å². The Morgan fingerprint density at radius 2 is 1.95 bits per heavy atom. The number of amides is 2. The number of phenols is 1. The summed E-state index contributed by atoms with van der Waals surface area (Å²) in [5, 5.41) is 15.2. The van der Waals surface area contributed by atoms with Crippen LogP contribution in [0.3, 0.4) is 0 Å². The highest BCUT2D eigenvalue weighted by molar-refractivity contribution is 6.32. The highest BCUT2D eigenvalue weighted by atomic mass is 35.5. The van der Waals surface area contributed by atoms with Crippen molar-refractivity contribution in [2.75, 3.05) is 26.3 Å². The summed E-state index contributed by atoms with van der Waals surface area (Å²) in [6, 6.07) is 15.2. The topological polar surface area (TPSA) is 118 Å². The van der Waals surface area contributed by atoms with Crippen molar-refractivity contribution in [3.05, 3.63) is 70.7 Å². The predicted octanol–water partition coefficient (Wildman–Crippen LogP) is 4.14. The van der Waals surface area contributed by atoms with E-state index in [-0.39, 0.29) is 40.7 Å². The highest BCUT2D eigenvalue weighted by Gasteiger charge is 2.29. The first-order valence-corrected chi connectivity index (χ1v) is 12.7. The van der Waals surface area contributed by atoms with Gasteiger partial charge in [-0.15, -0.1) is 0 Å². The minimum absolute atomic E-state index is 0.0702. The van der Waals surface area contributed by atoms with E-state index in [4.69, 9.17) is 21.1 Å². The van der Waals surface area contributed by atoms with E-state index in [9.17, 15) is 19.5 Å². The Kier molecular flexibility index (Phi) is 8.81. The fraction of sp³-hybridized carbons (Fsp3) is 0.286. The third kappa shape index (κ3) is 6.41. The van der Waals surface area contributed by atoms with Gasteiger partial charge in [-0.25, -0.2) is 5.43 Å². The van der Waals surface area contributed by atoms with Crippen LogP contribution in [-0.4, -0.2) is 60.3 Å². The lowest BCUT2D eigenvalue weighted by molar-refractivity contribution is -0.151. The summed E-state index contributed by atoms with van der Waals surface area (Å²) >= 11 is 5.87. The lowest BCUT2D eigenvalue weighted by atomic mass is 9.98. The van der Waals surface area contributed by atoms with Gasteiger partial charge in [-0.1, -0.05) is 35.9 Å². The molecule has 0 bridgehead atoms. The van der Waals surface area contributed by atoms with Gasteiger partial charge >= 0.3 is 5.97 Å². The third-order valence-corrected chi connectivity index (χ3v) is 6.55. The maximum absolute atomic E-state index is 12.8. The maximum atomic E-state index is 12.8. The molecule has 1 heterocycles. The van der Waals surface area contributed by atoms with Gasteiger partial charge in [-0.3, -0.25) is 14.4 Å². The predicted molar refractivity (Wildman–Crippen MR) is 144 cm³/mol. The molecule has 0 aromatic heterocycles. The van der Waals surface area contributed by atoms with Crippen molar-refractivity contribution < 1.29 is 29.0 Å². The Balaban J connectivity index is 1.41. The molecule has 1 saturated heterocycles. The normalized spacial score (nSPS) is 15.4. The summed E-state index contributed by atoms with van der Waals surface area (Å²) in [6.07, 6.45) is 2.96. The number of aromatic hydroxyl groups is 1. The van der Waals surface area contributed by atoms with E-state index in [1.54, 1.807) is 24.0 Å². The molecule has 1 atom stereocenters. The number of fused-ring (bicyclic) bond motifs is 1. The zero-order valence-corrected chi connectivity index (χ0v) is 21.6. The van der Waals surface area contributed by atoms with Gasteiger partial charge in [0, 0.05) is 29.6 Å². The molecule has 9 nitrogen and oxygen atoms in total. The summed E-state index contributed by atoms with van der Waals surface area (Å²) in [4.78, 5) is 38.9. The monoisotopic (exact) mass is 537 g/mol. The van der Waals surface area contributed by atoms with E-state index in [0.29, 0.717) is 31.9 Å². The molecular formula is C28H28ClN3O6. The van der Waals surface area contributed by atoms with Crippen molar-refractivity contribution >= 4 is 46.4 Å². The smallest absolute Gasteiger partial charge is 0.310 e. The number of hydrogen-bond acceptors (Lipinski definition) is 7. The zero-order valence-electron chi connectivity index (χ0n) is 20.9. The van der Waals surface area contributed by atoms with E-state index in [1.165, 1.54) is 24.4 Å². The average molecular weight is 538 g/mol. The van der Waals surface area contributed by atoms with Crippen LogP contribution >= 0.6 is 11.6 Å². The molecule has 0 radical (unpaired) electrons. The average Bonchev–Trinajstić information content (AvgIpc) is 2.93. The van der Waals surface area contributed by atoms with E-state index < -0.39 is 5.91 Å². The number of hydrazone groups is 1. The van der Waals surface area contributed by atoms with Crippen molar-refractivity contribution in [1.29, 1.82) is 0 Å². The standard InChI is InChI=1S/C28H28ClN3O6/c1-2-37-28(36)20-6-5-13-32(16-20)26(34)17-38-25-12-10-19(21-7-3-4-8-22(21)25)15-30-31-27(35)18-9-11-24(33)23(29)14-18/h3-4,7-12,14-15,20,33H,2,5-6,13,16-17H2,1H3,(H,31,35)/b30-15+. The minimum atomic E-state index is -0.478. The summed E-state index contributed by atoms with van der Waals surface area (Å²) in [7, 11) is 0. The summed E-state index contributed by atoms with van der Waals surface area (Å²) in [6.45, 7) is 2.84. The molecule has 3 aromatic rings. The molecule has 0 saturated carbocycles. The number of phenolic OH excluding ortho intramolecular Hbond substituents is 1. The van der Waals surface area contributed by atoms with Crippen LogP contribution in [0.2, 0.25) is 5.02 Å². The second-order valence-corrected chi connectivity index (χ2v) is 9.19. The molecule has 10 heteroatoms. The Hall–Kier alpha value is -4.11. The second kappa shape index (κ2) is 12.4. The van der Waals surface area contributed by atoms with E-state index >= 15 is 0 Å². The molecule has 1 unspecified atom stereocenters. The van der Waals surface area contributed by atoms with Crippen molar-refractivity contribution in [2.45, 2.75) is 19.8 Å². The molecular weight excluding hydrogens is 510 g/mol. The van der Waals surface area contributed by atoms with Gasteiger partial charge in [-0.2, -0.15) is 5.10 Å². The quantitative estimate of drug-likeness (QED) is 0.253. The third-order valence-electron chi connectivity index (χ3n) is 6.24. The number of hydrogen-bond donors (Lipinski definition) is 2. The SMILES string of the molecule is CCOC(=O)C1CCCN(C(=O)COc2ccc(/C=N/NC(=O)c3ccc(O)c(Cl)c3)c3ccccc23)C1. The fourth-order valence-electron chi connectivity index (χ4n) is 4.29. The molecule has 0 spiro atoms.